The van der Waals surface area contributed by atoms with Crippen molar-refractivity contribution in [3.63, 3.8) is 0 Å². The minimum absolute atomic E-state index is 0.151. The molecule has 7 heteroatoms. The van der Waals surface area contributed by atoms with Crippen LogP contribution in [0.25, 0.3) is 11.1 Å². The van der Waals surface area contributed by atoms with E-state index in [1.807, 2.05) is 0 Å². The van der Waals surface area contributed by atoms with Crippen molar-refractivity contribution in [2.24, 2.45) is 0 Å². The fraction of sp³-hybridized carbons (Fsp3) is 0.312. The van der Waals surface area contributed by atoms with Gasteiger partial charge in [0, 0.05) is 5.56 Å². The smallest absolute Gasteiger partial charge is 0.344 e. The van der Waals surface area contributed by atoms with E-state index < -0.39 is 11.6 Å². The lowest BCUT2D eigenvalue weighted by atomic mass is 10.1. The van der Waals surface area contributed by atoms with E-state index in [2.05, 4.69) is 10.2 Å². The number of nitrogens with two attached hydrogens (primary N) is 1. The molecule has 0 radical (unpaired) electrons. The fourth-order valence-corrected chi connectivity index (χ4v) is 2.00. The first kappa shape index (κ1) is 17.0. The SMILES string of the molecule is CC(C)(C)OC(=O)COc1ccc(-c2cc(Cl)nnc2N)cc1. The summed E-state index contributed by atoms with van der Waals surface area (Å²) in [5, 5.41) is 7.71. The zero-order valence-electron chi connectivity index (χ0n) is 13.2. The van der Waals surface area contributed by atoms with Gasteiger partial charge in [-0.25, -0.2) is 4.79 Å². The van der Waals surface area contributed by atoms with Crippen molar-refractivity contribution in [1.82, 2.24) is 10.2 Å². The zero-order valence-corrected chi connectivity index (χ0v) is 13.9. The minimum atomic E-state index is -0.532. The third-order valence-electron chi connectivity index (χ3n) is 2.73. The molecule has 0 saturated heterocycles. The van der Waals surface area contributed by atoms with Gasteiger partial charge in [-0.2, -0.15) is 0 Å². The molecular formula is C16H18ClN3O3. The summed E-state index contributed by atoms with van der Waals surface area (Å²) in [6.07, 6.45) is 0. The van der Waals surface area contributed by atoms with Crippen LogP contribution in [0.4, 0.5) is 5.82 Å². The number of hydrogen-bond acceptors (Lipinski definition) is 6. The lowest BCUT2D eigenvalue weighted by molar-refractivity contribution is -0.157. The van der Waals surface area contributed by atoms with Gasteiger partial charge in [0.1, 0.15) is 11.4 Å². The Balaban J connectivity index is 2.03. The number of aromatic nitrogens is 2. The van der Waals surface area contributed by atoms with Gasteiger partial charge in [-0.15, -0.1) is 10.2 Å². The Morgan fingerprint density at radius 1 is 1.22 bits per heavy atom. The van der Waals surface area contributed by atoms with Crippen LogP contribution in [0.3, 0.4) is 0 Å². The first-order chi connectivity index (χ1) is 10.7. The molecule has 0 aliphatic carbocycles. The van der Waals surface area contributed by atoms with E-state index in [0.29, 0.717) is 11.3 Å². The van der Waals surface area contributed by atoms with Crippen LogP contribution in [-0.2, 0) is 9.53 Å². The summed E-state index contributed by atoms with van der Waals surface area (Å²) in [4.78, 5) is 11.6. The molecule has 0 amide bonds. The third-order valence-corrected chi connectivity index (χ3v) is 2.92. The first-order valence-corrected chi connectivity index (χ1v) is 7.36. The van der Waals surface area contributed by atoms with Crippen molar-refractivity contribution >= 4 is 23.4 Å². The summed E-state index contributed by atoms with van der Waals surface area (Å²) in [6, 6.07) is 8.70. The molecule has 6 nitrogen and oxygen atoms in total. The average Bonchev–Trinajstić information content (AvgIpc) is 2.46. The number of halogens is 1. The van der Waals surface area contributed by atoms with E-state index in [4.69, 9.17) is 26.8 Å². The highest BCUT2D eigenvalue weighted by atomic mass is 35.5. The second-order valence-electron chi connectivity index (χ2n) is 5.87. The van der Waals surface area contributed by atoms with Crippen LogP contribution >= 0.6 is 11.6 Å². The summed E-state index contributed by atoms with van der Waals surface area (Å²) < 4.78 is 10.6. The topological polar surface area (TPSA) is 87.3 Å². The Morgan fingerprint density at radius 3 is 2.48 bits per heavy atom. The predicted octanol–water partition coefficient (Wildman–Crippen LogP) is 3.10. The van der Waals surface area contributed by atoms with Gasteiger partial charge in [0.2, 0.25) is 0 Å². The molecule has 0 unspecified atom stereocenters. The Labute approximate surface area is 139 Å². The van der Waals surface area contributed by atoms with E-state index in [1.165, 1.54) is 0 Å². The lowest BCUT2D eigenvalue weighted by Gasteiger charge is -2.19. The molecule has 1 aromatic carbocycles. The van der Waals surface area contributed by atoms with Crippen LogP contribution in [0.2, 0.25) is 5.15 Å². The average molecular weight is 336 g/mol. The molecule has 0 aliphatic heterocycles. The van der Waals surface area contributed by atoms with Gasteiger partial charge in [0.05, 0.1) is 0 Å². The van der Waals surface area contributed by atoms with E-state index in [1.54, 1.807) is 51.1 Å². The van der Waals surface area contributed by atoms with Crippen LogP contribution in [0.1, 0.15) is 20.8 Å². The maximum Gasteiger partial charge on any atom is 0.344 e. The normalized spacial score (nSPS) is 11.1. The van der Waals surface area contributed by atoms with Crippen molar-refractivity contribution in [2.45, 2.75) is 26.4 Å². The van der Waals surface area contributed by atoms with E-state index in [0.717, 1.165) is 5.56 Å². The van der Waals surface area contributed by atoms with Gasteiger partial charge in [-0.05, 0) is 44.5 Å². The Hall–Kier alpha value is -2.34. The second-order valence-corrected chi connectivity index (χ2v) is 6.25. The molecule has 0 saturated carbocycles. The summed E-state index contributed by atoms with van der Waals surface area (Å²) in [7, 11) is 0. The number of nitrogens with zero attached hydrogens (tertiary/aromatic N) is 2. The Bertz CT molecular complexity index is 697. The van der Waals surface area contributed by atoms with Gasteiger partial charge < -0.3 is 15.2 Å². The molecule has 1 aromatic heterocycles. The Morgan fingerprint density at radius 2 is 1.87 bits per heavy atom. The molecule has 0 spiro atoms. The minimum Gasteiger partial charge on any atom is -0.482 e. The van der Waals surface area contributed by atoms with Gasteiger partial charge in [0.15, 0.2) is 17.6 Å². The third kappa shape index (κ3) is 5.10. The lowest BCUT2D eigenvalue weighted by Crippen LogP contribution is -2.27. The molecule has 2 N–H and O–H groups in total. The molecule has 23 heavy (non-hydrogen) atoms. The number of esters is 1. The number of nitrogen functional groups attached to an aromatic ring is 1. The van der Waals surface area contributed by atoms with Crippen molar-refractivity contribution < 1.29 is 14.3 Å². The quantitative estimate of drug-likeness (QED) is 0.864. The van der Waals surface area contributed by atoms with Gasteiger partial charge in [0.25, 0.3) is 0 Å². The summed E-state index contributed by atoms with van der Waals surface area (Å²) in [5.41, 5.74) is 6.77. The number of rotatable bonds is 4. The van der Waals surface area contributed by atoms with Crippen molar-refractivity contribution in [3.05, 3.63) is 35.5 Å². The maximum absolute atomic E-state index is 11.6. The number of benzene rings is 1. The number of anilines is 1. The highest BCUT2D eigenvalue weighted by Gasteiger charge is 2.16. The van der Waals surface area contributed by atoms with Crippen LogP contribution in [0, 0.1) is 0 Å². The number of hydrogen-bond donors (Lipinski definition) is 1. The van der Waals surface area contributed by atoms with Crippen molar-refractivity contribution in [2.75, 3.05) is 12.3 Å². The monoisotopic (exact) mass is 335 g/mol. The molecule has 0 bridgehead atoms. The molecule has 122 valence electrons. The zero-order chi connectivity index (χ0) is 17.0. The van der Waals surface area contributed by atoms with Crippen LogP contribution in [-0.4, -0.2) is 28.4 Å². The van der Waals surface area contributed by atoms with Gasteiger partial charge in [-0.1, -0.05) is 23.7 Å². The van der Waals surface area contributed by atoms with Crippen LogP contribution in [0.15, 0.2) is 30.3 Å². The van der Waals surface area contributed by atoms with Gasteiger partial charge in [-0.3, -0.25) is 0 Å². The summed E-state index contributed by atoms with van der Waals surface area (Å²) >= 11 is 5.83. The summed E-state index contributed by atoms with van der Waals surface area (Å²) in [5.74, 6) is 0.416. The standard InChI is InChI=1S/C16H18ClN3O3/c1-16(2,3)23-14(21)9-22-11-6-4-10(5-7-11)12-8-13(17)19-20-15(12)18/h4-8H,9H2,1-3H3,(H2,18,20). The molecule has 0 fully saturated rings. The number of carbonyl (C=O) groups excluding carboxylic acids is 1. The molecule has 1 heterocycles. The molecule has 0 atom stereocenters. The van der Waals surface area contributed by atoms with Gasteiger partial charge >= 0.3 is 5.97 Å². The van der Waals surface area contributed by atoms with Crippen molar-refractivity contribution in [3.8, 4) is 16.9 Å². The largest absolute Gasteiger partial charge is 0.482 e. The van der Waals surface area contributed by atoms with E-state index in [9.17, 15) is 4.79 Å². The molecule has 2 rings (SSSR count). The fourth-order valence-electron chi connectivity index (χ4n) is 1.85. The maximum atomic E-state index is 11.6. The predicted molar refractivity (Wildman–Crippen MR) is 88.2 cm³/mol. The van der Waals surface area contributed by atoms with Crippen molar-refractivity contribution in [1.29, 1.82) is 0 Å². The highest BCUT2D eigenvalue weighted by molar-refractivity contribution is 6.29. The number of carbonyl (C=O) groups is 1. The second kappa shape index (κ2) is 6.83. The van der Waals surface area contributed by atoms with E-state index >= 15 is 0 Å². The van der Waals surface area contributed by atoms with Crippen LogP contribution < -0.4 is 10.5 Å². The summed E-state index contributed by atoms with van der Waals surface area (Å²) in [6.45, 7) is 5.26. The number of ether oxygens (including phenoxy) is 2. The molecular weight excluding hydrogens is 318 g/mol. The molecule has 0 aliphatic rings. The van der Waals surface area contributed by atoms with Crippen LogP contribution in [0.5, 0.6) is 5.75 Å². The first-order valence-electron chi connectivity index (χ1n) is 6.98. The highest BCUT2D eigenvalue weighted by Crippen LogP contribution is 2.27. The van der Waals surface area contributed by atoms with E-state index in [-0.39, 0.29) is 17.6 Å². The Kier molecular flexibility index (Phi) is 5.05. The molecule has 2 aromatic rings.